The Hall–Kier alpha value is -1.07. The predicted octanol–water partition coefficient (Wildman–Crippen LogP) is 2.43. The van der Waals surface area contributed by atoms with E-state index in [1.807, 2.05) is 12.3 Å². The summed E-state index contributed by atoms with van der Waals surface area (Å²) in [6, 6.07) is 1.79. The minimum atomic E-state index is -0.327. The van der Waals surface area contributed by atoms with E-state index in [0.717, 1.165) is 25.7 Å². The molecule has 0 radical (unpaired) electrons. The molecule has 1 aromatic heterocycles. The first kappa shape index (κ1) is 14.3. The molecular weight excluding hydrogens is 262 g/mol. The van der Waals surface area contributed by atoms with Crippen molar-refractivity contribution in [3.05, 3.63) is 16.3 Å². The Balaban J connectivity index is 1.96. The van der Waals surface area contributed by atoms with Gasteiger partial charge in [-0.1, -0.05) is 19.8 Å². The van der Waals surface area contributed by atoms with E-state index in [2.05, 4.69) is 5.32 Å². The maximum Gasteiger partial charge on any atom is 0.265 e. The van der Waals surface area contributed by atoms with Crippen LogP contribution in [0.3, 0.4) is 0 Å². The van der Waals surface area contributed by atoms with Crippen LogP contribution >= 0.6 is 11.3 Å². The number of nitrogens with one attached hydrogen (secondary N) is 1. The zero-order valence-corrected chi connectivity index (χ0v) is 12.3. The first-order chi connectivity index (χ1) is 9.07. The summed E-state index contributed by atoms with van der Waals surface area (Å²) in [5.41, 5.74) is -0.210. The van der Waals surface area contributed by atoms with Crippen LogP contribution in [0, 0.1) is 5.41 Å². The van der Waals surface area contributed by atoms with E-state index in [1.54, 1.807) is 13.2 Å². The largest absolute Gasteiger partial charge is 0.495 e. The zero-order valence-electron chi connectivity index (χ0n) is 11.4. The highest BCUT2D eigenvalue weighted by atomic mass is 32.1. The van der Waals surface area contributed by atoms with E-state index >= 15 is 0 Å². The normalized spacial score (nSPS) is 27.0. The molecule has 2 rings (SSSR count). The van der Waals surface area contributed by atoms with Crippen molar-refractivity contribution in [2.75, 3.05) is 13.7 Å². The van der Waals surface area contributed by atoms with Crippen LogP contribution < -0.4 is 10.1 Å². The van der Waals surface area contributed by atoms with Gasteiger partial charge >= 0.3 is 0 Å². The average Bonchev–Trinajstić information content (AvgIpc) is 2.88. The SMILES string of the molecule is COc1ccsc1C(=O)NC[C@]1(C)CCCC[C@@H]1O. The number of aliphatic hydroxyl groups excluding tert-OH is 1. The minimum absolute atomic E-state index is 0.120. The summed E-state index contributed by atoms with van der Waals surface area (Å²) in [4.78, 5) is 12.7. The van der Waals surface area contributed by atoms with E-state index in [-0.39, 0.29) is 17.4 Å². The summed E-state index contributed by atoms with van der Waals surface area (Å²) >= 11 is 1.37. The van der Waals surface area contributed by atoms with Crippen molar-refractivity contribution in [3.8, 4) is 5.75 Å². The summed E-state index contributed by atoms with van der Waals surface area (Å²) in [5.74, 6) is 0.489. The Morgan fingerprint density at radius 1 is 1.63 bits per heavy atom. The lowest BCUT2D eigenvalue weighted by Crippen LogP contribution is -2.45. The fourth-order valence-corrected chi connectivity index (χ4v) is 3.35. The number of aliphatic hydroxyl groups is 1. The van der Waals surface area contributed by atoms with E-state index in [9.17, 15) is 9.90 Å². The second-order valence-electron chi connectivity index (χ2n) is 5.42. The van der Waals surface area contributed by atoms with Crippen molar-refractivity contribution in [2.24, 2.45) is 5.41 Å². The molecule has 0 unspecified atom stereocenters. The number of rotatable bonds is 4. The summed E-state index contributed by atoms with van der Waals surface area (Å²) in [7, 11) is 1.56. The number of hydrogen-bond donors (Lipinski definition) is 2. The van der Waals surface area contributed by atoms with Gasteiger partial charge in [-0.2, -0.15) is 0 Å². The van der Waals surface area contributed by atoms with Crippen LogP contribution in [0.4, 0.5) is 0 Å². The van der Waals surface area contributed by atoms with E-state index in [4.69, 9.17) is 4.74 Å². The van der Waals surface area contributed by atoms with Crippen molar-refractivity contribution < 1.29 is 14.6 Å². The molecule has 19 heavy (non-hydrogen) atoms. The van der Waals surface area contributed by atoms with Gasteiger partial charge in [0.25, 0.3) is 5.91 Å². The predicted molar refractivity (Wildman–Crippen MR) is 75.8 cm³/mol. The van der Waals surface area contributed by atoms with Crippen molar-refractivity contribution in [1.29, 1.82) is 0 Å². The molecule has 0 aromatic carbocycles. The summed E-state index contributed by atoms with van der Waals surface area (Å²) < 4.78 is 5.14. The molecule has 1 aromatic rings. The van der Waals surface area contributed by atoms with Crippen LogP contribution in [0.15, 0.2) is 11.4 Å². The van der Waals surface area contributed by atoms with Crippen molar-refractivity contribution in [2.45, 2.75) is 38.7 Å². The van der Waals surface area contributed by atoms with Gasteiger partial charge in [0, 0.05) is 12.0 Å². The minimum Gasteiger partial charge on any atom is -0.495 e. The summed E-state index contributed by atoms with van der Waals surface area (Å²) in [6.45, 7) is 2.55. The summed E-state index contributed by atoms with van der Waals surface area (Å²) in [6.07, 6.45) is 3.65. The van der Waals surface area contributed by atoms with Crippen molar-refractivity contribution in [3.63, 3.8) is 0 Å². The highest BCUT2D eigenvalue weighted by Crippen LogP contribution is 2.35. The quantitative estimate of drug-likeness (QED) is 0.892. The topological polar surface area (TPSA) is 58.6 Å². The van der Waals surface area contributed by atoms with Gasteiger partial charge in [-0.05, 0) is 24.3 Å². The lowest BCUT2D eigenvalue weighted by atomic mass is 9.73. The van der Waals surface area contributed by atoms with E-state index < -0.39 is 0 Å². The second-order valence-corrected chi connectivity index (χ2v) is 6.33. The van der Waals surface area contributed by atoms with Crippen molar-refractivity contribution >= 4 is 17.2 Å². The monoisotopic (exact) mass is 283 g/mol. The molecule has 0 spiro atoms. The van der Waals surface area contributed by atoms with Crippen LogP contribution in [-0.2, 0) is 0 Å². The zero-order chi connectivity index (χ0) is 13.9. The van der Waals surface area contributed by atoms with Crippen LogP contribution in [0.5, 0.6) is 5.75 Å². The number of thiophene rings is 1. The molecule has 1 aliphatic carbocycles. The third kappa shape index (κ3) is 3.09. The third-order valence-corrected chi connectivity index (χ3v) is 4.88. The molecule has 2 N–H and O–H groups in total. The Labute approximate surface area is 117 Å². The van der Waals surface area contributed by atoms with Gasteiger partial charge in [0.2, 0.25) is 0 Å². The molecule has 4 nitrogen and oxygen atoms in total. The van der Waals surface area contributed by atoms with Gasteiger partial charge in [0.05, 0.1) is 13.2 Å². The molecule has 1 fully saturated rings. The number of carbonyl (C=O) groups is 1. The number of methoxy groups -OCH3 is 1. The van der Waals surface area contributed by atoms with Gasteiger partial charge in [0.15, 0.2) is 0 Å². The van der Waals surface area contributed by atoms with Crippen molar-refractivity contribution in [1.82, 2.24) is 5.32 Å². The molecule has 1 aliphatic rings. The Kier molecular flexibility index (Phi) is 4.47. The molecule has 0 saturated heterocycles. The number of hydrogen-bond acceptors (Lipinski definition) is 4. The third-order valence-electron chi connectivity index (χ3n) is 3.99. The first-order valence-corrected chi connectivity index (χ1v) is 7.52. The average molecular weight is 283 g/mol. The second kappa shape index (κ2) is 5.92. The highest BCUT2D eigenvalue weighted by molar-refractivity contribution is 7.12. The molecule has 106 valence electrons. The van der Waals surface area contributed by atoms with Gasteiger partial charge in [-0.3, -0.25) is 4.79 Å². The number of carbonyl (C=O) groups excluding carboxylic acids is 1. The van der Waals surface area contributed by atoms with Gasteiger partial charge in [-0.15, -0.1) is 11.3 Å². The fraction of sp³-hybridized carbons (Fsp3) is 0.643. The molecule has 1 amide bonds. The smallest absolute Gasteiger partial charge is 0.265 e. The van der Waals surface area contributed by atoms with Crippen LogP contribution in [0.25, 0.3) is 0 Å². The Bertz CT molecular complexity index is 446. The van der Waals surface area contributed by atoms with Gasteiger partial charge in [0.1, 0.15) is 10.6 Å². The molecule has 2 atom stereocenters. The van der Waals surface area contributed by atoms with Gasteiger partial charge < -0.3 is 15.2 Å². The Morgan fingerprint density at radius 3 is 3.11 bits per heavy atom. The molecule has 0 bridgehead atoms. The van der Waals surface area contributed by atoms with Gasteiger partial charge in [-0.25, -0.2) is 0 Å². The van der Waals surface area contributed by atoms with E-state index in [1.165, 1.54) is 11.3 Å². The maximum absolute atomic E-state index is 12.1. The molecular formula is C14H21NO3S. The van der Waals surface area contributed by atoms with Crippen LogP contribution in [-0.4, -0.2) is 30.8 Å². The highest BCUT2D eigenvalue weighted by Gasteiger charge is 2.35. The summed E-state index contributed by atoms with van der Waals surface area (Å²) in [5, 5.41) is 14.9. The van der Waals surface area contributed by atoms with Crippen LogP contribution in [0.2, 0.25) is 0 Å². The first-order valence-electron chi connectivity index (χ1n) is 6.64. The lowest BCUT2D eigenvalue weighted by molar-refractivity contribution is 0.00192. The number of ether oxygens (including phenoxy) is 1. The fourth-order valence-electron chi connectivity index (χ4n) is 2.57. The number of amides is 1. The standard InChI is InChI=1S/C14H21NO3S/c1-14(7-4-3-5-11(14)16)9-15-13(17)12-10(18-2)6-8-19-12/h6,8,11,16H,3-5,7,9H2,1-2H3,(H,15,17)/t11-,14-/m0/s1. The molecule has 1 heterocycles. The van der Waals surface area contributed by atoms with E-state index in [0.29, 0.717) is 17.2 Å². The van der Waals surface area contributed by atoms with Crippen LogP contribution in [0.1, 0.15) is 42.3 Å². The molecule has 5 heteroatoms. The molecule has 0 aliphatic heterocycles. The molecule has 1 saturated carbocycles. The maximum atomic E-state index is 12.1. The Morgan fingerprint density at radius 2 is 2.42 bits per heavy atom. The lowest BCUT2D eigenvalue weighted by Gasteiger charge is -2.38.